The summed E-state index contributed by atoms with van der Waals surface area (Å²) in [6.45, 7) is 0.338. The number of ether oxygens (including phenoxy) is 1. The molecule has 0 saturated heterocycles. The van der Waals surface area contributed by atoms with Crippen molar-refractivity contribution >= 4 is 34.9 Å². The van der Waals surface area contributed by atoms with Crippen LogP contribution in [0.25, 0.3) is 11.3 Å². The van der Waals surface area contributed by atoms with Crippen LogP contribution < -0.4 is 15.6 Å². The molecule has 0 aliphatic rings. The number of carbonyl (C=O) groups is 1. The van der Waals surface area contributed by atoms with E-state index in [2.05, 4.69) is 15.5 Å². The predicted octanol–water partition coefficient (Wildman–Crippen LogP) is 2.95. The van der Waals surface area contributed by atoms with Crippen LogP contribution in [-0.2, 0) is 11.3 Å². The van der Waals surface area contributed by atoms with E-state index in [0.717, 1.165) is 5.56 Å². The molecule has 1 N–H and O–H groups in total. The molecular formula is C21H18ClN5O3S. The van der Waals surface area contributed by atoms with Gasteiger partial charge in [-0.3, -0.25) is 18.6 Å². The number of hydrogen-bond acceptors (Lipinski definition) is 6. The van der Waals surface area contributed by atoms with Gasteiger partial charge in [0.05, 0.1) is 18.6 Å². The van der Waals surface area contributed by atoms with Gasteiger partial charge in [0.25, 0.3) is 0 Å². The van der Waals surface area contributed by atoms with Crippen LogP contribution in [0.4, 0.5) is 0 Å². The molecule has 0 aliphatic heterocycles. The summed E-state index contributed by atoms with van der Waals surface area (Å²) in [6, 6.07) is 14.5. The number of thioether (sulfide) groups is 1. The highest BCUT2D eigenvalue weighted by atomic mass is 35.5. The van der Waals surface area contributed by atoms with Gasteiger partial charge >= 0.3 is 5.56 Å². The molecule has 10 heteroatoms. The van der Waals surface area contributed by atoms with Crippen molar-refractivity contribution in [1.29, 1.82) is 0 Å². The number of hydrogen-bond donors (Lipinski definition) is 1. The van der Waals surface area contributed by atoms with Crippen molar-refractivity contribution in [3.05, 3.63) is 81.9 Å². The largest absolute Gasteiger partial charge is 0.497 e. The summed E-state index contributed by atoms with van der Waals surface area (Å²) < 4.78 is 8.26. The molecule has 0 spiro atoms. The Bertz CT molecular complexity index is 1300. The van der Waals surface area contributed by atoms with Crippen molar-refractivity contribution in [3.8, 4) is 11.4 Å². The normalized spacial score (nSPS) is 10.9. The van der Waals surface area contributed by atoms with Gasteiger partial charge in [-0.15, -0.1) is 10.2 Å². The average Bonchev–Trinajstić information content (AvgIpc) is 3.21. The summed E-state index contributed by atoms with van der Waals surface area (Å²) in [5.74, 6) is 0.598. The lowest BCUT2D eigenvalue weighted by molar-refractivity contribution is -0.118. The highest BCUT2D eigenvalue weighted by Gasteiger charge is 2.14. The van der Waals surface area contributed by atoms with E-state index in [1.807, 2.05) is 18.2 Å². The third-order valence-electron chi connectivity index (χ3n) is 4.54. The number of amides is 1. The Morgan fingerprint density at radius 1 is 1.16 bits per heavy atom. The molecule has 8 nitrogen and oxygen atoms in total. The summed E-state index contributed by atoms with van der Waals surface area (Å²) in [5.41, 5.74) is 1.35. The summed E-state index contributed by atoms with van der Waals surface area (Å²) in [5, 5.41) is 12.0. The number of aromatic nitrogens is 4. The number of nitrogens with one attached hydrogen (secondary N) is 1. The molecule has 0 unspecified atom stereocenters. The Hall–Kier alpha value is -3.30. The summed E-state index contributed by atoms with van der Waals surface area (Å²) in [6.07, 6.45) is 3.33. The van der Waals surface area contributed by atoms with Gasteiger partial charge in [-0.1, -0.05) is 47.6 Å². The van der Waals surface area contributed by atoms with Crippen LogP contribution in [0.5, 0.6) is 5.75 Å². The van der Waals surface area contributed by atoms with Crippen LogP contribution in [0.15, 0.2) is 70.9 Å². The molecule has 4 aromatic rings. The molecule has 1 amide bonds. The van der Waals surface area contributed by atoms with E-state index < -0.39 is 0 Å². The SMILES string of the molecule is COc1cccc(-n2ccn3c(SCC(=O)NCc4ccccc4Cl)nnc3c2=O)c1. The van der Waals surface area contributed by atoms with E-state index >= 15 is 0 Å². The van der Waals surface area contributed by atoms with Gasteiger partial charge in [0.1, 0.15) is 5.75 Å². The zero-order valence-corrected chi connectivity index (χ0v) is 18.1. The number of carbonyl (C=O) groups excluding carboxylic acids is 1. The number of halogens is 1. The Kier molecular flexibility index (Phi) is 6.24. The van der Waals surface area contributed by atoms with Gasteiger partial charge < -0.3 is 10.1 Å². The van der Waals surface area contributed by atoms with Crippen molar-refractivity contribution < 1.29 is 9.53 Å². The van der Waals surface area contributed by atoms with Crippen molar-refractivity contribution in [2.24, 2.45) is 0 Å². The number of fused-ring (bicyclic) bond motifs is 1. The number of nitrogens with zero attached hydrogens (tertiary/aromatic N) is 4. The van der Waals surface area contributed by atoms with Gasteiger partial charge in [0.2, 0.25) is 11.6 Å². The second-order valence-corrected chi connectivity index (χ2v) is 7.86. The molecule has 0 fully saturated rings. The van der Waals surface area contributed by atoms with E-state index in [0.29, 0.717) is 28.2 Å². The molecule has 0 aliphatic carbocycles. The number of methoxy groups -OCH3 is 1. The topological polar surface area (TPSA) is 90.5 Å². The number of rotatable bonds is 7. The molecule has 0 radical (unpaired) electrons. The molecule has 2 heterocycles. The fourth-order valence-electron chi connectivity index (χ4n) is 2.94. The van der Waals surface area contributed by atoms with Crippen LogP contribution in [0, 0.1) is 0 Å². The molecule has 0 bridgehead atoms. The van der Waals surface area contributed by atoms with Gasteiger partial charge in [-0.25, -0.2) is 0 Å². The quantitative estimate of drug-likeness (QED) is 0.431. The van der Waals surface area contributed by atoms with Crippen molar-refractivity contribution in [3.63, 3.8) is 0 Å². The third-order valence-corrected chi connectivity index (χ3v) is 5.85. The highest BCUT2D eigenvalue weighted by Crippen LogP contribution is 2.18. The standard InChI is InChI=1S/C21H18ClN5O3S/c1-30-16-7-4-6-15(11-16)26-9-10-27-19(20(26)29)24-25-21(27)31-13-18(28)23-12-14-5-2-3-8-17(14)22/h2-11H,12-13H2,1H3,(H,23,28). The minimum atomic E-state index is -0.321. The average molecular weight is 456 g/mol. The van der Waals surface area contributed by atoms with E-state index in [-0.39, 0.29) is 22.9 Å². The maximum absolute atomic E-state index is 12.9. The molecule has 4 rings (SSSR count). The first-order chi connectivity index (χ1) is 15.1. The van der Waals surface area contributed by atoms with Crippen LogP contribution >= 0.6 is 23.4 Å². The molecule has 31 heavy (non-hydrogen) atoms. The first-order valence-corrected chi connectivity index (χ1v) is 10.7. The molecule has 158 valence electrons. The Morgan fingerprint density at radius 3 is 2.81 bits per heavy atom. The Balaban J connectivity index is 1.47. The second kappa shape index (κ2) is 9.23. The van der Waals surface area contributed by atoms with Crippen LogP contribution in [0.1, 0.15) is 5.56 Å². The molecule has 0 saturated carbocycles. The molecule has 0 atom stereocenters. The van der Waals surface area contributed by atoms with Crippen LogP contribution in [0.3, 0.4) is 0 Å². The van der Waals surface area contributed by atoms with Crippen molar-refractivity contribution in [1.82, 2.24) is 24.5 Å². The first-order valence-electron chi connectivity index (χ1n) is 9.30. The third kappa shape index (κ3) is 4.57. The Labute approximate surface area is 186 Å². The highest BCUT2D eigenvalue weighted by molar-refractivity contribution is 7.99. The fraction of sp³-hybridized carbons (Fsp3) is 0.143. The fourth-order valence-corrected chi connectivity index (χ4v) is 3.89. The van der Waals surface area contributed by atoms with Gasteiger partial charge in [0, 0.05) is 30.0 Å². The smallest absolute Gasteiger partial charge is 0.300 e. The lowest BCUT2D eigenvalue weighted by Gasteiger charge is -2.08. The van der Waals surface area contributed by atoms with E-state index in [1.54, 1.807) is 54.2 Å². The van der Waals surface area contributed by atoms with Gasteiger partial charge in [-0.05, 0) is 23.8 Å². The zero-order chi connectivity index (χ0) is 21.8. The molecule has 2 aromatic heterocycles. The van der Waals surface area contributed by atoms with Crippen molar-refractivity contribution in [2.45, 2.75) is 11.7 Å². The zero-order valence-electron chi connectivity index (χ0n) is 16.5. The first kappa shape index (κ1) is 21.0. The summed E-state index contributed by atoms with van der Waals surface area (Å²) in [7, 11) is 1.57. The van der Waals surface area contributed by atoms with Crippen LogP contribution in [-0.4, -0.2) is 37.9 Å². The van der Waals surface area contributed by atoms with E-state index in [4.69, 9.17) is 16.3 Å². The maximum atomic E-state index is 12.9. The lowest BCUT2D eigenvalue weighted by atomic mass is 10.2. The van der Waals surface area contributed by atoms with Gasteiger partial charge in [0.15, 0.2) is 5.16 Å². The van der Waals surface area contributed by atoms with Crippen molar-refractivity contribution in [2.75, 3.05) is 12.9 Å². The minimum Gasteiger partial charge on any atom is -0.497 e. The van der Waals surface area contributed by atoms with E-state index in [1.165, 1.54) is 16.3 Å². The molecule has 2 aromatic carbocycles. The lowest BCUT2D eigenvalue weighted by Crippen LogP contribution is -2.24. The van der Waals surface area contributed by atoms with E-state index in [9.17, 15) is 9.59 Å². The van der Waals surface area contributed by atoms with Crippen LogP contribution in [0.2, 0.25) is 5.02 Å². The second-order valence-electron chi connectivity index (χ2n) is 6.51. The Morgan fingerprint density at radius 2 is 2.00 bits per heavy atom. The summed E-state index contributed by atoms with van der Waals surface area (Å²) >= 11 is 7.30. The monoisotopic (exact) mass is 455 g/mol. The summed E-state index contributed by atoms with van der Waals surface area (Å²) in [4.78, 5) is 25.1. The maximum Gasteiger partial charge on any atom is 0.300 e. The number of benzene rings is 2. The van der Waals surface area contributed by atoms with Gasteiger partial charge in [-0.2, -0.15) is 0 Å². The molecular weight excluding hydrogens is 438 g/mol. The predicted molar refractivity (Wildman–Crippen MR) is 119 cm³/mol. The minimum absolute atomic E-state index is 0.129.